The summed E-state index contributed by atoms with van der Waals surface area (Å²) < 4.78 is 12.8. The third kappa shape index (κ3) is 3.51. The van der Waals surface area contributed by atoms with Crippen molar-refractivity contribution in [1.29, 1.82) is 0 Å². The SMILES string of the molecule is CC(NC(=O)c1cc(Cl)ccn1)c1ccc(F)cc1. The Kier molecular flexibility index (Phi) is 4.12. The molecule has 0 spiro atoms. The Morgan fingerprint density at radius 3 is 2.63 bits per heavy atom. The van der Waals surface area contributed by atoms with Gasteiger partial charge in [0, 0.05) is 11.2 Å². The number of carbonyl (C=O) groups excluding carboxylic acids is 1. The van der Waals surface area contributed by atoms with Gasteiger partial charge in [0.15, 0.2) is 0 Å². The zero-order chi connectivity index (χ0) is 13.8. The number of pyridine rings is 1. The summed E-state index contributed by atoms with van der Waals surface area (Å²) in [7, 11) is 0. The molecule has 1 heterocycles. The molecule has 0 aliphatic heterocycles. The molecule has 0 saturated heterocycles. The maximum atomic E-state index is 12.8. The zero-order valence-corrected chi connectivity index (χ0v) is 11.0. The molecule has 1 aromatic heterocycles. The van der Waals surface area contributed by atoms with Gasteiger partial charge < -0.3 is 5.32 Å². The van der Waals surface area contributed by atoms with Crippen molar-refractivity contribution < 1.29 is 9.18 Å². The molecule has 3 nitrogen and oxygen atoms in total. The summed E-state index contributed by atoms with van der Waals surface area (Å²) in [5, 5.41) is 3.23. The van der Waals surface area contributed by atoms with E-state index >= 15 is 0 Å². The highest BCUT2D eigenvalue weighted by Crippen LogP contribution is 2.14. The minimum Gasteiger partial charge on any atom is -0.344 e. The number of hydrogen-bond donors (Lipinski definition) is 1. The van der Waals surface area contributed by atoms with E-state index < -0.39 is 0 Å². The molecular weight excluding hydrogens is 267 g/mol. The van der Waals surface area contributed by atoms with Crippen LogP contribution in [0.5, 0.6) is 0 Å². The molecule has 1 atom stereocenters. The smallest absolute Gasteiger partial charge is 0.270 e. The van der Waals surface area contributed by atoms with Gasteiger partial charge in [0.1, 0.15) is 11.5 Å². The normalized spacial score (nSPS) is 11.9. The van der Waals surface area contributed by atoms with E-state index in [4.69, 9.17) is 11.6 Å². The zero-order valence-electron chi connectivity index (χ0n) is 10.2. The van der Waals surface area contributed by atoms with Crippen LogP contribution in [0.4, 0.5) is 4.39 Å². The van der Waals surface area contributed by atoms with Crippen molar-refractivity contribution in [3.05, 3.63) is 64.7 Å². The summed E-state index contributed by atoms with van der Waals surface area (Å²) in [6.45, 7) is 1.82. The van der Waals surface area contributed by atoms with Gasteiger partial charge in [0.2, 0.25) is 0 Å². The van der Waals surface area contributed by atoms with Crippen molar-refractivity contribution in [3.8, 4) is 0 Å². The molecule has 0 bridgehead atoms. The molecule has 0 aliphatic carbocycles. The Balaban J connectivity index is 2.08. The number of amides is 1. The van der Waals surface area contributed by atoms with Crippen molar-refractivity contribution in [3.63, 3.8) is 0 Å². The van der Waals surface area contributed by atoms with Crippen molar-refractivity contribution in [2.45, 2.75) is 13.0 Å². The second-order valence-corrected chi connectivity index (χ2v) is 4.54. The number of carbonyl (C=O) groups is 1. The van der Waals surface area contributed by atoms with Gasteiger partial charge in [0.25, 0.3) is 5.91 Å². The fourth-order valence-electron chi connectivity index (χ4n) is 1.63. The minimum absolute atomic E-state index is 0.242. The van der Waals surface area contributed by atoms with Crippen LogP contribution in [-0.4, -0.2) is 10.9 Å². The number of nitrogens with one attached hydrogen (secondary N) is 1. The quantitative estimate of drug-likeness (QED) is 0.935. The summed E-state index contributed by atoms with van der Waals surface area (Å²) >= 11 is 5.80. The number of benzene rings is 1. The summed E-state index contributed by atoms with van der Waals surface area (Å²) in [5.41, 5.74) is 1.07. The molecule has 0 fully saturated rings. The van der Waals surface area contributed by atoms with Crippen LogP contribution in [0.3, 0.4) is 0 Å². The summed E-state index contributed by atoms with van der Waals surface area (Å²) in [6.07, 6.45) is 1.47. The van der Waals surface area contributed by atoms with Crippen LogP contribution in [-0.2, 0) is 0 Å². The van der Waals surface area contributed by atoms with Crippen molar-refractivity contribution in [2.24, 2.45) is 0 Å². The van der Waals surface area contributed by atoms with Crippen LogP contribution in [0.15, 0.2) is 42.6 Å². The molecule has 0 radical (unpaired) electrons. The molecule has 0 saturated carbocycles. The lowest BCUT2D eigenvalue weighted by atomic mass is 10.1. The lowest BCUT2D eigenvalue weighted by Crippen LogP contribution is -2.27. The first-order chi connectivity index (χ1) is 9.06. The van der Waals surface area contributed by atoms with Gasteiger partial charge in [-0.1, -0.05) is 23.7 Å². The van der Waals surface area contributed by atoms with Gasteiger partial charge >= 0.3 is 0 Å². The highest BCUT2D eigenvalue weighted by Gasteiger charge is 2.12. The van der Waals surface area contributed by atoms with Crippen LogP contribution in [0.2, 0.25) is 5.02 Å². The number of hydrogen-bond acceptors (Lipinski definition) is 2. The molecule has 1 aromatic carbocycles. The molecule has 19 heavy (non-hydrogen) atoms. The van der Waals surface area contributed by atoms with Crippen LogP contribution in [0.25, 0.3) is 0 Å². The monoisotopic (exact) mass is 278 g/mol. The van der Waals surface area contributed by atoms with E-state index in [0.717, 1.165) is 5.56 Å². The molecular formula is C14H12ClFN2O. The first kappa shape index (κ1) is 13.5. The highest BCUT2D eigenvalue weighted by atomic mass is 35.5. The largest absolute Gasteiger partial charge is 0.344 e. The Hall–Kier alpha value is -1.94. The number of rotatable bonds is 3. The average Bonchev–Trinajstić information content (AvgIpc) is 2.39. The topological polar surface area (TPSA) is 42.0 Å². The average molecular weight is 279 g/mol. The molecule has 1 amide bonds. The van der Waals surface area contributed by atoms with Crippen LogP contribution in [0.1, 0.15) is 29.0 Å². The summed E-state index contributed by atoms with van der Waals surface area (Å²) in [6, 6.07) is 8.83. The maximum absolute atomic E-state index is 12.8. The standard InChI is InChI=1S/C14H12ClFN2O/c1-9(10-2-4-12(16)5-3-10)18-14(19)13-8-11(15)6-7-17-13/h2-9H,1H3,(H,18,19). The highest BCUT2D eigenvalue weighted by molar-refractivity contribution is 6.30. The summed E-state index contributed by atoms with van der Waals surface area (Å²) in [4.78, 5) is 15.9. The van der Waals surface area contributed by atoms with E-state index in [9.17, 15) is 9.18 Å². The predicted molar refractivity (Wildman–Crippen MR) is 71.5 cm³/mol. The first-order valence-corrected chi connectivity index (χ1v) is 6.12. The molecule has 1 unspecified atom stereocenters. The predicted octanol–water partition coefficient (Wildman–Crippen LogP) is 3.37. The second-order valence-electron chi connectivity index (χ2n) is 4.11. The van der Waals surface area contributed by atoms with Gasteiger partial charge in [-0.15, -0.1) is 0 Å². The Labute approximate surface area is 115 Å². The van der Waals surface area contributed by atoms with Crippen LogP contribution >= 0.6 is 11.6 Å². The van der Waals surface area contributed by atoms with Crippen LogP contribution in [0, 0.1) is 5.82 Å². The lowest BCUT2D eigenvalue weighted by Gasteiger charge is -2.14. The van der Waals surface area contributed by atoms with Gasteiger partial charge in [-0.3, -0.25) is 9.78 Å². The van der Waals surface area contributed by atoms with E-state index in [1.807, 2.05) is 6.92 Å². The molecule has 1 N–H and O–H groups in total. The van der Waals surface area contributed by atoms with E-state index in [1.54, 1.807) is 18.2 Å². The lowest BCUT2D eigenvalue weighted by molar-refractivity contribution is 0.0935. The fourth-order valence-corrected chi connectivity index (χ4v) is 1.79. The summed E-state index contributed by atoms with van der Waals surface area (Å²) in [5.74, 6) is -0.627. The number of nitrogens with zero attached hydrogens (tertiary/aromatic N) is 1. The fraction of sp³-hybridized carbons (Fsp3) is 0.143. The molecule has 2 rings (SSSR count). The van der Waals surface area contributed by atoms with Crippen molar-refractivity contribution in [2.75, 3.05) is 0 Å². The molecule has 0 aliphatic rings. The third-order valence-corrected chi connectivity index (χ3v) is 2.91. The Morgan fingerprint density at radius 2 is 2.00 bits per heavy atom. The van der Waals surface area contributed by atoms with Gasteiger partial charge in [-0.2, -0.15) is 0 Å². The number of halogens is 2. The second kappa shape index (κ2) is 5.80. The molecule has 2 aromatic rings. The van der Waals surface area contributed by atoms with E-state index in [2.05, 4.69) is 10.3 Å². The van der Waals surface area contributed by atoms with E-state index in [1.165, 1.54) is 24.4 Å². The maximum Gasteiger partial charge on any atom is 0.270 e. The number of aromatic nitrogens is 1. The Bertz CT molecular complexity index is 586. The van der Waals surface area contributed by atoms with Gasteiger partial charge in [-0.05, 0) is 36.8 Å². The van der Waals surface area contributed by atoms with Crippen molar-refractivity contribution >= 4 is 17.5 Å². The van der Waals surface area contributed by atoms with Gasteiger partial charge in [-0.25, -0.2) is 4.39 Å². The van der Waals surface area contributed by atoms with E-state index in [0.29, 0.717) is 5.02 Å². The Morgan fingerprint density at radius 1 is 1.32 bits per heavy atom. The third-order valence-electron chi connectivity index (χ3n) is 2.67. The minimum atomic E-state index is -0.320. The first-order valence-electron chi connectivity index (χ1n) is 5.74. The van der Waals surface area contributed by atoms with Crippen molar-refractivity contribution in [1.82, 2.24) is 10.3 Å². The molecule has 5 heteroatoms. The molecule has 98 valence electrons. The van der Waals surface area contributed by atoms with E-state index in [-0.39, 0.29) is 23.5 Å². The van der Waals surface area contributed by atoms with Crippen LogP contribution < -0.4 is 5.32 Å². The van der Waals surface area contributed by atoms with Gasteiger partial charge in [0.05, 0.1) is 6.04 Å².